The minimum absolute atomic E-state index is 0.657. The number of benzene rings is 2. The van der Waals surface area contributed by atoms with E-state index in [9.17, 15) is 0 Å². The van der Waals surface area contributed by atoms with Crippen molar-refractivity contribution in [2.75, 3.05) is 5.32 Å². The van der Waals surface area contributed by atoms with Gasteiger partial charge in [-0.1, -0.05) is 41.4 Å². The summed E-state index contributed by atoms with van der Waals surface area (Å²) in [5.74, 6) is 2.40. The molecule has 0 amide bonds. The lowest BCUT2D eigenvalue weighted by molar-refractivity contribution is 0.662. The van der Waals surface area contributed by atoms with Crippen LogP contribution in [0.3, 0.4) is 0 Å². The first kappa shape index (κ1) is 18.1. The van der Waals surface area contributed by atoms with Crippen molar-refractivity contribution in [3.05, 3.63) is 81.8 Å². The second-order valence-electron chi connectivity index (χ2n) is 7.63. The first-order valence-corrected chi connectivity index (χ1v) is 10.4. The number of aromatic nitrogens is 4. The fraction of sp³-hybridized carbons (Fsp3) is 0.261. The molecule has 5 rings (SSSR count). The van der Waals surface area contributed by atoms with Crippen molar-refractivity contribution in [1.82, 2.24) is 19.6 Å². The Morgan fingerprint density at radius 3 is 2.52 bits per heavy atom. The van der Waals surface area contributed by atoms with Crippen molar-refractivity contribution in [3.63, 3.8) is 0 Å². The van der Waals surface area contributed by atoms with Crippen LogP contribution in [0, 0.1) is 6.92 Å². The molecule has 6 heteroatoms. The standard InChI is InChI=1S/C23H22ClN5/c1-15-6-8-16(9-7-15)14-21-27-23-26-20-5-3-2-4-19(20)22(29(23)28-21)25-18-12-10-17(24)11-13-18/h6-13,25H,2-5,14H2,1H3. The zero-order chi connectivity index (χ0) is 19.8. The molecular weight excluding hydrogens is 382 g/mol. The third-order valence-corrected chi connectivity index (χ3v) is 5.65. The molecule has 0 saturated heterocycles. The zero-order valence-electron chi connectivity index (χ0n) is 16.3. The van der Waals surface area contributed by atoms with Gasteiger partial charge in [0.2, 0.25) is 0 Å². The second kappa shape index (κ2) is 7.48. The van der Waals surface area contributed by atoms with Crippen LogP contribution in [0.15, 0.2) is 48.5 Å². The lowest BCUT2D eigenvalue weighted by Crippen LogP contribution is -2.13. The molecule has 4 aromatic rings. The molecule has 0 fully saturated rings. The van der Waals surface area contributed by atoms with Crippen molar-refractivity contribution >= 4 is 28.9 Å². The SMILES string of the molecule is Cc1ccc(Cc2nc3nc4c(c(Nc5ccc(Cl)cc5)n3n2)CCCC4)cc1. The van der Waals surface area contributed by atoms with Gasteiger partial charge in [-0.3, -0.25) is 0 Å². The Balaban J connectivity index is 1.57. The molecule has 146 valence electrons. The summed E-state index contributed by atoms with van der Waals surface area (Å²) in [6, 6.07) is 16.2. The number of fused-ring (bicyclic) bond motifs is 2. The molecule has 5 nitrogen and oxygen atoms in total. The predicted octanol–water partition coefficient (Wildman–Crippen LogP) is 5.30. The molecule has 0 saturated carbocycles. The van der Waals surface area contributed by atoms with Crippen molar-refractivity contribution in [3.8, 4) is 0 Å². The number of hydrogen-bond acceptors (Lipinski definition) is 4. The van der Waals surface area contributed by atoms with Crippen molar-refractivity contribution in [2.24, 2.45) is 0 Å². The van der Waals surface area contributed by atoms with Gasteiger partial charge in [-0.05, 0) is 62.4 Å². The normalized spacial score (nSPS) is 13.4. The summed E-state index contributed by atoms with van der Waals surface area (Å²) in [5, 5.41) is 9.08. The number of rotatable bonds is 4. The lowest BCUT2D eigenvalue weighted by Gasteiger charge is -2.20. The summed E-state index contributed by atoms with van der Waals surface area (Å²) in [4.78, 5) is 9.57. The Hall–Kier alpha value is -2.92. The third-order valence-electron chi connectivity index (χ3n) is 5.40. The average molecular weight is 404 g/mol. The van der Waals surface area contributed by atoms with E-state index in [-0.39, 0.29) is 0 Å². The smallest absolute Gasteiger partial charge is 0.254 e. The highest BCUT2D eigenvalue weighted by Gasteiger charge is 2.21. The van der Waals surface area contributed by atoms with Crippen molar-refractivity contribution < 1.29 is 0 Å². The van der Waals surface area contributed by atoms with E-state index in [1.807, 2.05) is 28.8 Å². The molecule has 1 aliphatic rings. The van der Waals surface area contributed by atoms with Gasteiger partial charge in [0, 0.05) is 22.7 Å². The van der Waals surface area contributed by atoms with E-state index in [0.29, 0.717) is 12.2 Å². The number of aryl methyl sites for hydroxylation is 2. The molecule has 0 unspecified atom stereocenters. The van der Waals surface area contributed by atoms with Crippen LogP contribution in [-0.2, 0) is 19.3 Å². The Morgan fingerprint density at radius 2 is 1.72 bits per heavy atom. The van der Waals surface area contributed by atoms with Gasteiger partial charge in [-0.25, -0.2) is 4.98 Å². The summed E-state index contributed by atoms with van der Waals surface area (Å²) >= 11 is 6.05. The third kappa shape index (κ3) is 3.70. The monoisotopic (exact) mass is 403 g/mol. The summed E-state index contributed by atoms with van der Waals surface area (Å²) in [7, 11) is 0. The van der Waals surface area contributed by atoms with Gasteiger partial charge in [0.15, 0.2) is 5.82 Å². The van der Waals surface area contributed by atoms with E-state index in [4.69, 9.17) is 26.7 Å². The van der Waals surface area contributed by atoms with Crippen molar-refractivity contribution in [1.29, 1.82) is 0 Å². The van der Waals surface area contributed by atoms with Gasteiger partial charge in [-0.15, -0.1) is 5.10 Å². The molecule has 2 aromatic heterocycles. The first-order valence-electron chi connectivity index (χ1n) is 10.0. The molecule has 2 aromatic carbocycles. The van der Waals surface area contributed by atoms with Crippen LogP contribution >= 0.6 is 11.6 Å². The van der Waals surface area contributed by atoms with Gasteiger partial charge in [-0.2, -0.15) is 9.50 Å². The molecule has 0 radical (unpaired) electrons. The quantitative estimate of drug-likeness (QED) is 0.502. The second-order valence-corrected chi connectivity index (χ2v) is 8.06. The minimum atomic E-state index is 0.657. The topological polar surface area (TPSA) is 55.1 Å². The molecular formula is C23H22ClN5. The molecule has 0 bridgehead atoms. The van der Waals surface area contributed by atoms with E-state index >= 15 is 0 Å². The fourth-order valence-electron chi connectivity index (χ4n) is 3.85. The van der Waals surface area contributed by atoms with Crippen LogP contribution in [0.25, 0.3) is 5.78 Å². The van der Waals surface area contributed by atoms with Crippen LogP contribution in [0.4, 0.5) is 11.5 Å². The summed E-state index contributed by atoms with van der Waals surface area (Å²) in [5.41, 5.74) is 5.80. The predicted molar refractivity (Wildman–Crippen MR) is 116 cm³/mol. The highest BCUT2D eigenvalue weighted by Crippen LogP contribution is 2.30. The van der Waals surface area contributed by atoms with Gasteiger partial charge in [0.1, 0.15) is 5.82 Å². The maximum absolute atomic E-state index is 6.05. The number of nitrogens with zero attached hydrogens (tertiary/aromatic N) is 4. The van der Waals surface area contributed by atoms with E-state index in [1.54, 1.807) is 0 Å². The van der Waals surface area contributed by atoms with Crippen LogP contribution in [0.1, 0.15) is 41.1 Å². The summed E-state index contributed by atoms with van der Waals surface area (Å²) in [6.07, 6.45) is 5.01. The Morgan fingerprint density at radius 1 is 0.966 bits per heavy atom. The van der Waals surface area contributed by atoms with Crippen molar-refractivity contribution in [2.45, 2.75) is 39.0 Å². The average Bonchev–Trinajstić information content (AvgIpc) is 3.13. The number of nitrogens with one attached hydrogen (secondary N) is 1. The van der Waals surface area contributed by atoms with Crippen LogP contribution in [-0.4, -0.2) is 19.6 Å². The summed E-state index contributed by atoms with van der Waals surface area (Å²) in [6.45, 7) is 2.09. The van der Waals surface area contributed by atoms with Crippen LogP contribution in [0.5, 0.6) is 0 Å². The lowest BCUT2D eigenvalue weighted by atomic mass is 9.96. The summed E-state index contributed by atoms with van der Waals surface area (Å²) < 4.78 is 1.86. The molecule has 1 N–H and O–H groups in total. The molecule has 0 spiro atoms. The van der Waals surface area contributed by atoms with Crippen LogP contribution in [0.2, 0.25) is 5.02 Å². The Kier molecular flexibility index (Phi) is 4.68. The maximum atomic E-state index is 6.05. The molecule has 2 heterocycles. The molecule has 0 atom stereocenters. The van der Waals surface area contributed by atoms with Gasteiger partial charge in [0.25, 0.3) is 5.78 Å². The zero-order valence-corrected chi connectivity index (χ0v) is 17.1. The Labute approximate surface area is 174 Å². The minimum Gasteiger partial charge on any atom is -0.340 e. The fourth-order valence-corrected chi connectivity index (χ4v) is 3.97. The largest absolute Gasteiger partial charge is 0.340 e. The van der Waals surface area contributed by atoms with Gasteiger partial charge < -0.3 is 5.32 Å². The highest BCUT2D eigenvalue weighted by molar-refractivity contribution is 6.30. The van der Waals surface area contributed by atoms with E-state index in [0.717, 1.165) is 40.9 Å². The Bertz CT molecular complexity index is 1160. The highest BCUT2D eigenvalue weighted by atomic mass is 35.5. The molecule has 0 aliphatic heterocycles. The number of anilines is 2. The van der Waals surface area contributed by atoms with Gasteiger partial charge >= 0.3 is 0 Å². The first-order chi connectivity index (χ1) is 14.2. The number of hydrogen-bond donors (Lipinski definition) is 1. The van der Waals surface area contributed by atoms with Gasteiger partial charge in [0.05, 0.1) is 5.69 Å². The maximum Gasteiger partial charge on any atom is 0.254 e. The molecule has 29 heavy (non-hydrogen) atoms. The van der Waals surface area contributed by atoms with E-state index in [2.05, 4.69) is 36.5 Å². The van der Waals surface area contributed by atoms with Crippen LogP contribution < -0.4 is 5.32 Å². The van der Waals surface area contributed by atoms with E-state index in [1.165, 1.54) is 29.5 Å². The number of halogens is 1. The van der Waals surface area contributed by atoms with E-state index < -0.39 is 0 Å². The molecule has 1 aliphatic carbocycles.